The zero-order chi connectivity index (χ0) is 14.7. The largest absolute Gasteiger partial charge is 0.507 e. The molecule has 1 heterocycles. The Balaban J connectivity index is 2.09. The molecular formula is C15H22N2O3. The normalized spacial score (nSPS) is 16.4. The van der Waals surface area contributed by atoms with Gasteiger partial charge in [-0.25, -0.2) is 0 Å². The fourth-order valence-electron chi connectivity index (χ4n) is 2.61. The Bertz CT molecular complexity index is 494. The fourth-order valence-corrected chi connectivity index (χ4v) is 2.61. The number of piperazine rings is 1. The molecule has 1 aromatic rings. The second-order valence-electron chi connectivity index (χ2n) is 5.34. The Morgan fingerprint density at radius 2 is 1.85 bits per heavy atom. The molecule has 0 aliphatic carbocycles. The number of β-amino-alcohol motifs (C(OH)–C–C–N with tert-alkyl or cyclic N) is 1. The van der Waals surface area contributed by atoms with Crippen molar-refractivity contribution < 1.29 is 15.0 Å². The number of nitrogens with zero attached hydrogens (tertiary/aromatic N) is 2. The quantitative estimate of drug-likeness (QED) is 0.857. The van der Waals surface area contributed by atoms with Crippen LogP contribution in [0.2, 0.25) is 0 Å². The van der Waals surface area contributed by atoms with Crippen molar-refractivity contribution in [2.75, 3.05) is 39.3 Å². The Labute approximate surface area is 119 Å². The molecule has 20 heavy (non-hydrogen) atoms. The standard InChI is InChI=1S/C15H22N2O3/c1-11-9-12(2)14(19)13(10-11)15(20)17-5-3-16(4-6-17)7-8-18/h9-10,18-19H,3-8H2,1-2H3. The molecule has 0 saturated carbocycles. The van der Waals surface area contributed by atoms with Crippen LogP contribution in [0.3, 0.4) is 0 Å². The molecule has 0 unspecified atom stereocenters. The van der Waals surface area contributed by atoms with Crippen molar-refractivity contribution in [3.8, 4) is 5.75 Å². The number of phenolic OH excluding ortho intramolecular Hbond substituents is 1. The number of rotatable bonds is 3. The number of hydrogen-bond donors (Lipinski definition) is 2. The summed E-state index contributed by atoms with van der Waals surface area (Å²) in [6.45, 7) is 7.30. The summed E-state index contributed by atoms with van der Waals surface area (Å²) in [5.74, 6) is -0.0312. The number of aromatic hydroxyl groups is 1. The highest BCUT2D eigenvalue weighted by atomic mass is 16.3. The number of hydrogen-bond acceptors (Lipinski definition) is 4. The van der Waals surface area contributed by atoms with E-state index in [-0.39, 0.29) is 18.3 Å². The summed E-state index contributed by atoms with van der Waals surface area (Å²) in [5.41, 5.74) is 2.09. The molecule has 1 fully saturated rings. The van der Waals surface area contributed by atoms with Crippen LogP contribution in [0.1, 0.15) is 21.5 Å². The highest BCUT2D eigenvalue weighted by Gasteiger charge is 2.24. The summed E-state index contributed by atoms with van der Waals surface area (Å²) in [7, 11) is 0. The maximum absolute atomic E-state index is 12.5. The summed E-state index contributed by atoms with van der Waals surface area (Å²) in [6.07, 6.45) is 0. The summed E-state index contributed by atoms with van der Waals surface area (Å²) in [5, 5.41) is 19.0. The van der Waals surface area contributed by atoms with Gasteiger partial charge in [0.05, 0.1) is 12.2 Å². The van der Waals surface area contributed by atoms with Crippen LogP contribution < -0.4 is 0 Å². The van der Waals surface area contributed by atoms with Crippen molar-refractivity contribution >= 4 is 5.91 Å². The van der Waals surface area contributed by atoms with Gasteiger partial charge in [0, 0.05) is 32.7 Å². The van der Waals surface area contributed by atoms with Gasteiger partial charge in [0.2, 0.25) is 0 Å². The van der Waals surface area contributed by atoms with Crippen LogP contribution in [-0.2, 0) is 0 Å². The van der Waals surface area contributed by atoms with Crippen LogP contribution in [0.4, 0.5) is 0 Å². The molecule has 1 aromatic carbocycles. The third kappa shape index (κ3) is 3.11. The van der Waals surface area contributed by atoms with E-state index in [2.05, 4.69) is 4.90 Å². The van der Waals surface area contributed by atoms with Crippen molar-refractivity contribution in [3.05, 3.63) is 28.8 Å². The molecule has 5 nitrogen and oxygen atoms in total. The van der Waals surface area contributed by atoms with Crippen LogP contribution >= 0.6 is 0 Å². The van der Waals surface area contributed by atoms with E-state index in [1.165, 1.54) is 0 Å². The number of carbonyl (C=O) groups is 1. The topological polar surface area (TPSA) is 64.0 Å². The molecule has 0 atom stereocenters. The van der Waals surface area contributed by atoms with E-state index in [9.17, 15) is 9.90 Å². The molecule has 0 radical (unpaired) electrons. The lowest BCUT2D eigenvalue weighted by molar-refractivity contribution is 0.0612. The molecule has 1 aliphatic heterocycles. The Kier molecular flexibility index (Phi) is 4.62. The second kappa shape index (κ2) is 6.24. The van der Waals surface area contributed by atoms with Crippen molar-refractivity contribution in [3.63, 3.8) is 0 Å². The van der Waals surface area contributed by atoms with Crippen molar-refractivity contribution in [1.82, 2.24) is 9.80 Å². The maximum Gasteiger partial charge on any atom is 0.257 e. The first-order chi connectivity index (χ1) is 9.52. The monoisotopic (exact) mass is 278 g/mol. The molecule has 0 bridgehead atoms. The van der Waals surface area contributed by atoms with E-state index in [1.807, 2.05) is 13.0 Å². The second-order valence-corrected chi connectivity index (χ2v) is 5.34. The number of phenols is 1. The minimum atomic E-state index is -0.113. The van der Waals surface area contributed by atoms with E-state index in [0.29, 0.717) is 25.2 Å². The first-order valence-electron chi connectivity index (χ1n) is 6.95. The molecule has 0 aromatic heterocycles. The van der Waals surface area contributed by atoms with E-state index in [4.69, 9.17) is 5.11 Å². The summed E-state index contributed by atoms with van der Waals surface area (Å²) in [6, 6.07) is 3.61. The number of aliphatic hydroxyl groups excluding tert-OH is 1. The van der Waals surface area contributed by atoms with Gasteiger partial charge in [-0.3, -0.25) is 9.69 Å². The third-order valence-electron chi connectivity index (χ3n) is 3.75. The molecular weight excluding hydrogens is 256 g/mol. The molecule has 5 heteroatoms. The van der Waals surface area contributed by atoms with Gasteiger partial charge in [-0.1, -0.05) is 6.07 Å². The lowest BCUT2D eigenvalue weighted by Gasteiger charge is -2.34. The van der Waals surface area contributed by atoms with Crippen molar-refractivity contribution in [1.29, 1.82) is 0 Å². The predicted octanol–water partition coefficient (Wildman–Crippen LogP) is 0.759. The summed E-state index contributed by atoms with van der Waals surface area (Å²) < 4.78 is 0. The summed E-state index contributed by atoms with van der Waals surface area (Å²) in [4.78, 5) is 16.4. The van der Waals surface area contributed by atoms with Gasteiger partial charge in [-0.05, 0) is 31.0 Å². The Morgan fingerprint density at radius 3 is 2.45 bits per heavy atom. The van der Waals surface area contributed by atoms with Crippen LogP contribution in [0, 0.1) is 13.8 Å². The molecule has 110 valence electrons. The van der Waals surface area contributed by atoms with Crippen LogP contribution in [0.25, 0.3) is 0 Å². The average Bonchev–Trinajstić information content (AvgIpc) is 2.43. The van der Waals surface area contributed by atoms with Gasteiger partial charge in [0.1, 0.15) is 5.75 Å². The molecule has 2 N–H and O–H groups in total. The lowest BCUT2D eigenvalue weighted by atomic mass is 10.0. The zero-order valence-electron chi connectivity index (χ0n) is 12.1. The van der Waals surface area contributed by atoms with Gasteiger partial charge in [-0.15, -0.1) is 0 Å². The van der Waals surface area contributed by atoms with Gasteiger partial charge in [0.15, 0.2) is 0 Å². The van der Waals surface area contributed by atoms with E-state index in [0.717, 1.165) is 24.2 Å². The first kappa shape index (κ1) is 14.8. The third-order valence-corrected chi connectivity index (χ3v) is 3.75. The number of amides is 1. The van der Waals surface area contributed by atoms with E-state index in [1.54, 1.807) is 17.9 Å². The Morgan fingerprint density at radius 1 is 1.20 bits per heavy atom. The van der Waals surface area contributed by atoms with Crippen LogP contribution in [0.15, 0.2) is 12.1 Å². The van der Waals surface area contributed by atoms with Gasteiger partial charge < -0.3 is 15.1 Å². The smallest absolute Gasteiger partial charge is 0.257 e. The first-order valence-corrected chi connectivity index (χ1v) is 6.95. The highest BCUT2D eigenvalue weighted by Crippen LogP contribution is 2.25. The van der Waals surface area contributed by atoms with Gasteiger partial charge >= 0.3 is 0 Å². The van der Waals surface area contributed by atoms with E-state index < -0.39 is 0 Å². The average molecular weight is 278 g/mol. The maximum atomic E-state index is 12.5. The predicted molar refractivity (Wildman–Crippen MR) is 77.0 cm³/mol. The van der Waals surface area contributed by atoms with Crippen molar-refractivity contribution in [2.24, 2.45) is 0 Å². The highest BCUT2D eigenvalue weighted by molar-refractivity contribution is 5.97. The molecule has 1 saturated heterocycles. The van der Waals surface area contributed by atoms with Crippen molar-refractivity contribution in [2.45, 2.75) is 13.8 Å². The molecule has 1 aliphatic rings. The number of aliphatic hydroxyl groups is 1. The number of aryl methyl sites for hydroxylation is 2. The van der Waals surface area contributed by atoms with Crippen LogP contribution in [-0.4, -0.2) is 65.3 Å². The molecule has 2 rings (SSSR count). The van der Waals surface area contributed by atoms with Crippen LogP contribution in [0.5, 0.6) is 5.75 Å². The van der Waals surface area contributed by atoms with Gasteiger partial charge in [0.25, 0.3) is 5.91 Å². The fraction of sp³-hybridized carbons (Fsp3) is 0.533. The minimum absolute atomic E-state index is 0.0818. The van der Waals surface area contributed by atoms with Gasteiger partial charge in [-0.2, -0.15) is 0 Å². The SMILES string of the molecule is Cc1cc(C)c(O)c(C(=O)N2CCN(CCO)CC2)c1. The lowest BCUT2D eigenvalue weighted by Crippen LogP contribution is -2.49. The minimum Gasteiger partial charge on any atom is -0.507 e. The zero-order valence-corrected chi connectivity index (χ0v) is 12.1. The Hall–Kier alpha value is -1.59. The number of benzene rings is 1. The molecule has 0 spiro atoms. The van der Waals surface area contributed by atoms with E-state index >= 15 is 0 Å². The number of carbonyl (C=O) groups excluding carboxylic acids is 1. The summed E-state index contributed by atoms with van der Waals surface area (Å²) >= 11 is 0. The molecule has 1 amide bonds.